The van der Waals surface area contributed by atoms with Crippen LogP contribution < -0.4 is 4.90 Å². The van der Waals surface area contributed by atoms with Gasteiger partial charge in [0.05, 0.1) is 0 Å². The molecule has 1 nitrogen and oxygen atoms in total. The van der Waals surface area contributed by atoms with Crippen molar-refractivity contribution in [1.82, 2.24) is 0 Å². The molecule has 0 unspecified atom stereocenters. The molecule has 0 spiro atoms. The number of hydrogen-bond acceptors (Lipinski definition) is 7. The highest BCUT2D eigenvalue weighted by molar-refractivity contribution is 8.06. The Morgan fingerprint density at radius 2 is 0.459 bits per heavy atom. The maximum Gasteiger partial charge on any atom is 0.0462 e. The standard InChI is InChI=1S/C54H33NS6/c1-4-16-46-43(13-1)56-49-19-7-10-40(52(49)59-46)34-22-28-37(29-23-34)55(38-30-24-35(25-31-38)41-11-8-20-50-53(41)60-47-17-5-2-14-44(47)57-50)39-32-26-36(27-33-39)42-12-9-21-51-54(42)61-48-18-6-3-15-45(48)58-51/h1-33H. The highest BCUT2D eigenvalue weighted by Gasteiger charge is 2.24. The summed E-state index contributed by atoms with van der Waals surface area (Å²) in [4.78, 5) is 18.2. The lowest BCUT2D eigenvalue weighted by atomic mass is 10.0. The summed E-state index contributed by atoms with van der Waals surface area (Å²) in [6, 6.07) is 73.7. The largest absolute Gasteiger partial charge is 0.311 e. The predicted molar refractivity (Wildman–Crippen MR) is 261 cm³/mol. The van der Waals surface area contributed by atoms with Crippen LogP contribution in [0.4, 0.5) is 17.1 Å². The Hall–Kier alpha value is -5.12. The van der Waals surface area contributed by atoms with Gasteiger partial charge in [0.15, 0.2) is 0 Å². The van der Waals surface area contributed by atoms with Crippen molar-refractivity contribution in [2.45, 2.75) is 58.7 Å². The van der Waals surface area contributed by atoms with Gasteiger partial charge in [-0.15, -0.1) is 0 Å². The lowest BCUT2D eigenvalue weighted by molar-refractivity contribution is 1.16. The van der Waals surface area contributed by atoms with E-state index in [1.165, 1.54) is 92.1 Å². The second kappa shape index (κ2) is 16.0. The summed E-state index contributed by atoms with van der Waals surface area (Å²) in [6.07, 6.45) is 0. The summed E-state index contributed by atoms with van der Waals surface area (Å²) >= 11 is 11.2. The van der Waals surface area contributed by atoms with Crippen molar-refractivity contribution in [2.75, 3.05) is 4.90 Å². The quantitative estimate of drug-likeness (QED) is 0.162. The van der Waals surface area contributed by atoms with E-state index in [1.807, 2.05) is 70.6 Å². The molecule has 0 bridgehead atoms. The van der Waals surface area contributed by atoms with Crippen molar-refractivity contribution >= 4 is 87.6 Å². The average molecular weight is 888 g/mol. The molecular weight excluding hydrogens is 855 g/mol. The Balaban J connectivity index is 0.910. The maximum atomic E-state index is 2.39. The Bertz CT molecular complexity index is 2800. The van der Waals surface area contributed by atoms with Gasteiger partial charge in [-0.2, -0.15) is 0 Å². The molecule has 0 aliphatic carbocycles. The fourth-order valence-electron chi connectivity index (χ4n) is 8.15. The van der Waals surface area contributed by atoms with Gasteiger partial charge in [0.2, 0.25) is 0 Å². The first-order valence-corrected chi connectivity index (χ1v) is 24.9. The van der Waals surface area contributed by atoms with Crippen LogP contribution in [-0.4, -0.2) is 0 Å². The zero-order chi connectivity index (χ0) is 40.3. The van der Waals surface area contributed by atoms with E-state index >= 15 is 0 Å². The molecule has 3 heterocycles. The number of anilines is 3. The normalized spacial score (nSPS) is 13.2. The second-order valence-corrected chi connectivity index (χ2v) is 21.2. The zero-order valence-corrected chi connectivity index (χ0v) is 37.3. The highest BCUT2D eigenvalue weighted by Crippen LogP contribution is 2.54. The van der Waals surface area contributed by atoms with Gasteiger partial charge in [0.25, 0.3) is 0 Å². The summed E-state index contributed by atoms with van der Waals surface area (Å²) in [5, 5.41) is 0. The molecule has 7 heteroatoms. The molecule has 0 fully saturated rings. The van der Waals surface area contributed by atoms with Crippen LogP contribution in [0, 0.1) is 0 Å². The van der Waals surface area contributed by atoms with Crippen LogP contribution in [0.5, 0.6) is 0 Å². The second-order valence-electron chi connectivity index (χ2n) is 14.8. The predicted octanol–water partition coefficient (Wildman–Crippen LogP) is 18.0. The van der Waals surface area contributed by atoms with Crippen LogP contribution in [0.3, 0.4) is 0 Å². The lowest BCUT2D eigenvalue weighted by Gasteiger charge is -2.27. The van der Waals surface area contributed by atoms with Gasteiger partial charge in [-0.25, -0.2) is 0 Å². The minimum absolute atomic E-state index is 1.11. The van der Waals surface area contributed by atoms with Crippen LogP contribution >= 0.6 is 70.6 Å². The van der Waals surface area contributed by atoms with Crippen LogP contribution in [0.25, 0.3) is 33.4 Å². The zero-order valence-electron chi connectivity index (χ0n) is 32.4. The third-order valence-electron chi connectivity index (χ3n) is 11.1. The van der Waals surface area contributed by atoms with E-state index in [-0.39, 0.29) is 0 Å². The van der Waals surface area contributed by atoms with Gasteiger partial charge in [0, 0.05) is 75.8 Å². The van der Waals surface area contributed by atoms with Crippen molar-refractivity contribution in [3.05, 3.63) is 200 Å². The topological polar surface area (TPSA) is 3.24 Å². The molecule has 0 saturated carbocycles. The molecule has 0 radical (unpaired) electrons. The molecular formula is C54H33NS6. The highest BCUT2D eigenvalue weighted by atomic mass is 32.2. The summed E-state index contributed by atoms with van der Waals surface area (Å²) < 4.78 is 0. The summed E-state index contributed by atoms with van der Waals surface area (Å²) in [5.41, 5.74) is 10.8. The molecule has 3 aliphatic rings. The molecule has 9 aromatic rings. The summed E-state index contributed by atoms with van der Waals surface area (Å²) in [7, 11) is 0. The van der Waals surface area contributed by atoms with Crippen molar-refractivity contribution in [2.24, 2.45) is 0 Å². The first-order valence-electron chi connectivity index (χ1n) is 20.0. The third kappa shape index (κ3) is 7.02. The van der Waals surface area contributed by atoms with Gasteiger partial charge < -0.3 is 4.90 Å². The van der Waals surface area contributed by atoms with Gasteiger partial charge in [-0.3, -0.25) is 0 Å². The fourth-order valence-corrected chi connectivity index (χ4v) is 15.3. The summed E-state index contributed by atoms with van der Waals surface area (Å²) in [5.74, 6) is 0. The van der Waals surface area contributed by atoms with Gasteiger partial charge >= 0.3 is 0 Å². The van der Waals surface area contributed by atoms with Crippen molar-refractivity contribution in [3.63, 3.8) is 0 Å². The van der Waals surface area contributed by atoms with E-state index in [1.54, 1.807) is 0 Å². The molecule has 3 aliphatic heterocycles. The number of nitrogens with zero attached hydrogens (tertiary/aromatic N) is 1. The minimum Gasteiger partial charge on any atom is -0.311 e. The van der Waals surface area contributed by atoms with Crippen molar-refractivity contribution in [1.29, 1.82) is 0 Å². The summed E-state index contributed by atoms with van der Waals surface area (Å²) in [6.45, 7) is 0. The van der Waals surface area contributed by atoms with Crippen LogP contribution in [0.15, 0.2) is 259 Å². The molecule has 0 aromatic heterocycles. The maximum absolute atomic E-state index is 2.39. The molecule has 0 N–H and O–H groups in total. The first-order chi connectivity index (χ1) is 30.2. The Morgan fingerprint density at radius 1 is 0.213 bits per heavy atom. The molecule has 290 valence electrons. The van der Waals surface area contributed by atoms with Crippen LogP contribution in [-0.2, 0) is 0 Å². The molecule has 0 saturated heterocycles. The number of benzene rings is 9. The molecule has 12 rings (SSSR count). The molecule has 9 aromatic carbocycles. The fraction of sp³-hybridized carbons (Fsp3) is 0. The smallest absolute Gasteiger partial charge is 0.0462 e. The Labute approximate surface area is 381 Å². The van der Waals surface area contributed by atoms with Crippen LogP contribution in [0.1, 0.15) is 0 Å². The third-order valence-corrected chi connectivity index (χ3v) is 18.9. The van der Waals surface area contributed by atoms with E-state index in [4.69, 9.17) is 0 Å². The molecule has 61 heavy (non-hydrogen) atoms. The lowest BCUT2D eigenvalue weighted by Crippen LogP contribution is -2.10. The molecule has 0 atom stereocenters. The molecule has 0 amide bonds. The Morgan fingerprint density at radius 3 is 0.738 bits per heavy atom. The van der Waals surface area contributed by atoms with E-state index in [2.05, 4.69) is 205 Å². The van der Waals surface area contributed by atoms with Crippen LogP contribution in [0.2, 0.25) is 0 Å². The average Bonchev–Trinajstić information content (AvgIpc) is 3.32. The van der Waals surface area contributed by atoms with E-state index in [9.17, 15) is 0 Å². The minimum atomic E-state index is 1.11. The number of hydrogen-bond donors (Lipinski definition) is 0. The van der Waals surface area contributed by atoms with E-state index in [0.717, 1.165) is 17.1 Å². The first kappa shape index (κ1) is 37.6. The SMILES string of the molecule is c1ccc2c(c1)Sc1cccc(-c3ccc(N(c4ccc(-c5cccc6c5Sc5ccccc5S6)cc4)c4ccc(-c5cccc6c5Sc5ccccc5S6)cc4)cc3)c1S2. The van der Waals surface area contributed by atoms with Crippen molar-refractivity contribution < 1.29 is 0 Å². The van der Waals surface area contributed by atoms with E-state index in [0.29, 0.717) is 0 Å². The monoisotopic (exact) mass is 887 g/mol. The Kier molecular flexibility index (Phi) is 9.85. The van der Waals surface area contributed by atoms with E-state index < -0.39 is 0 Å². The van der Waals surface area contributed by atoms with Crippen molar-refractivity contribution in [3.8, 4) is 33.4 Å². The van der Waals surface area contributed by atoms with Gasteiger partial charge in [0.1, 0.15) is 0 Å². The number of rotatable bonds is 6. The van der Waals surface area contributed by atoms with Gasteiger partial charge in [-0.1, -0.05) is 180 Å². The number of fused-ring (bicyclic) bond motifs is 6. The van der Waals surface area contributed by atoms with Gasteiger partial charge in [-0.05, 0) is 124 Å².